The lowest BCUT2D eigenvalue weighted by atomic mass is 10.1. The monoisotopic (exact) mass is 168 g/mol. The Bertz CT molecular complexity index is 206. The highest BCUT2D eigenvalue weighted by Gasteiger charge is 2.29. The Hall–Kier alpha value is -0.830. The summed E-state index contributed by atoms with van der Waals surface area (Å²) < 4.78 is 10.1. The smallest absolute Gasteiger partial charge is 0.314 e. The van der Waals surface area contributed by atoms with Gasteiger partial charge in [0.25, 0.3) is 0 Å². The van der Waals surface area contributed by atoms with Crippen LogP contribution in [0.3, 0.4) is 0 Å². The van der Waals surface area contributed by atoms with E-state index < -0.39 is 0 Å². The van der Waals surface area contributed by atoms with Crippen LogP contribution in [-0.4, -0.2) is 25.3 Å². The molecule has 1 atom stereocenters. The van der Waals surface area contributed by atoms with Crippen molar-refractivity contribution in [3.63, 3.8) is 0 Å². The van der Waals surface area contributed by atoms with Gasteiger partial charge in [-0.1, -0.05) is 6.08 Å². The van der Waals surface area contributed by atoms with Crippen molar-refractivity contribution in [1.82, 2.24) is 0 Å². The van der Waals surface area contributed by atoms with E-state index >= 15 is 0 Å². The minimum atomic E-state index is -0.0993. The third kappa shape index (κ3) is 1.50. The number of ether oxygens (including phenoxy) is 2. The van der Waals surface area contributed by atoms with Crippen LogP contribution >= 0.6 is 0 Å². The highest BCUT2D eigenvalue weighted by molar-refractivity contribution is 5.73. The van der Waals surface area contributed by atoms with E-state index in [-0.39, 0.29) is 18.0 Å². The SMILES string of the molecule is O=C(OC1C=CCC1)C1COC1. The number of hydrogen-bond acceptors (Lipinski definition) is 3. The maximum Gasteiger partial charge on any atom is 0.314 e. The molecule has 0 spiro atoms. The van der Waals surface area contributed by atoms with Gasteiger partial charge in [-0.25, -0.2) is 0 Å². The molecule has 0 aromatic carbocycles. The standard InChI is InChI=1S/C9H12O3/c10-9(7-5-11-6-7)12-8-3-1-2-4-8/h1,3,7-8H,2,4-6H2. The molecule has 0 saturated carbocycles. The van der Waals surface area contributed by atoms with Gasteiger partial charge in [0.1, 0.15) is 12.0 Å². The molecule has 0 radical (unpaired) electrons. The van der Waals surface area contributed by atoms with Gasteiger partial charge in [-0.3, -0.25) is 4.79 Å². The number of allylic oxidation sites excluding steroid dienone is 1. The van der Waals surface area contributed by atoms with E-state index in [0.717, 1.165) is 12.8 Å². The summed E-state index contributed by atoms with van der Waals surface area (Å²) in [7, 11) is 0. The van der Waals surface area contributed by atoms with E-state index in [0.29, 0.717) is 13.2 Å². The van der Waals surface area contributed by atoms with Crippen LogP contribution in [0, 0.1) is 5.92 Å². The Labute approximate surface area is 71.3 Å². The molecule has 1 aliphatic heterocycles. The molecule has 1 heterocycles. The summed E-state index contributed by atoms with van der Waals surface area (Å²) in [5, 5.41) is 0. The fourth-order valence-corrected chi connectivity index (χ4v) is 1.32. The summed E-state index contributed by atoms with van der Waals surface area (Å²) in [5.41, 5.74) is 0. The average Bonchev–Trinajstić information content (AvgIpc) is 2.34. The van der Waals surface area contributed by atoms with Gasteiger partial charge in [-0.2, -0.15) is 0 Å². The van der Waals surface area contributed by atoms with Crippen molar-refractivity contribution in [2.75, 3.05) is 13.2 Å². The predicted octanol–water partition coefficient (Wildman–Crippen LogP) is 0.895. The second-order valence-electron chi connectivity index (χ2n) is 3.22. The maximum atomic E-state index is 11.2. The lowest BCUT2D eigenvalue weighted by Crippen LogP contribution is -2.37. The van der Waals surface area contributed by atoms with Crippen molar-refractivity contribution in [3.8, 4) is 0 Å². The largest absolute Gasteiger partial charge is 0.458 e. The van der Waals surface area contributed by atoms with E-state index in [1.807, 2.05) is 6.08 Å². The van der Waals surface area contributed by atoms with Gasteiger partial charge in [-0.15, -0.1) is 0 Å². The van der Waals surface area contributed by atoms with Crippen molar-refractivity contribution >= 4 is 5.97 Å². The van der Waals surface area contributed by atoms with E-state index in [4.69, 9.17) is 9.47 Å². The Morgan fingerprint density at radius 2 is 2.33 bits per heavy atom. The maximum absolute atomic E-state index is 11.2. The summed E-state index contributed by atoms with van der Waals surface area (Å²) >= 11 is 0. The van der Waals surface area contributed by atoms with Gasteiger partial charge in [-0.05, 0) is 18.9 Å². The Morgan fingerprint density at radius 3 is 2.83 bits per heavy atom. The molecule has 0 aromatic rings. The molecule has 1 unspecified atom stereocenters. The first-order chi connectivity index (χ1) is 5.86. The van der Waals surface area contributed by atoms with Gasteiger partial charge in [0.05, 0.1) is 13.2 Å². The van der Waals surface area contributed by atoms with Crippen molar-refractivity contribution in [2.24, 2.45) is 5.92 Å². The summed E-state index contributed by atoms with van der Waals surface area (Å²) in [6.07, 6.45) is 6.00. The van der Waals surface area contributed by atoms with Gasteiger partial charge < -0.3 is 9.47 Å². The molecule has 66 valence electrons. The van der Waals surface area contributed by atoms with Crippen molar-refractivity contribution in [2.45, 2.75) is 18.9 Å². The molecule has 2 aliphatic rings. The van der Waals surface area contributed by atoms with Crippen molar-refractivity contribution in [3.05, 3.63) is 12.2 Å². The zero-order valence-electron chi connectivity index (χ0n) is 6.86. The lowest BCUT2D eigenvalue weighted by Gasteiger charge is -2.25. The van der Waals surface area contributed by atoms with Crippen molar-refractivity contribution < 1.29 is 14.3 Å². The zero-order valence-corrected chi connectivity index (χ0v) is 6.86. The van der Waals surface area contributed by atoms with Gasteiger partial charge in [0.15, 0.2) is 0 Å². The van der Waals surface area contributed by atoms with Gasteiger partial charge in [0.2, 0.25) is 0 Å². The molecule has 1 fully saturated rings. The van der Waals surface area contributed by atoms with Gasteiger partial charge in [0, 0.05) is 0 Å². The quantitative estimate of drug-likeness (QED) is 0.454. The fraction of sp³-hybridized carbons (Fsp3) is 0.667. The third-order valence-corrected chi connectivity index (χ3v) is 2.21. The number of hydrogen-bond donors (Lipinski definition) is 0. The first kappa shape index (κ1) is 7.80. The van der Waals surface area contributed by atoms with Crippen LogP contribution in [0.2, 0.25) is 0 Å². The van der Waals surface area contributed by atoms with Gasteiger partial charge >= 0.3 is 5.97 Å². The second-order valence-corrected chi connectivity index (χ2v) is 3.22. The van der Waals surface area contributed by atoms with E-state index in [9.17, 15) is 4.79 Å². The van der Waals surface area contributed by atoms with E-state index in [1.54, 1.807) is 0 Å². The second kappa shape index (κ2) is 3.27. The van der Waals surface area contributed by atoms with E-state index in [1.165, 1.54) is 0 Å². The summed E-state index contributed by atoms with van der Waals surface area (Å²) in [6.45, 7) is 1.07. The predicted molar refractivity (Wildman–Crippen MR) is 42.6 cm³/mol. The highest BCUT2D eigenvalue weighted by Crippen LogP contribution is 2.18. The molecule has 0 amide bonds. The first-order valence-corrected chi connectivity index (χ1v) is 4.31. The molecule has 0 N–H and O–H groups in total. The normalized spacial score (nSPS) is 28.5. The molecule has 2 rings (SSSR count). The molecule has 0 bridgehead atoms. The Kier molecular flexibility index (Phi) is 2.13. The molecule has 1 aliphatic carbocycles. The zero-order chi connectivity index (χ0) is 8.39. The number of carbonyl (C=O) groups excluding carboxylic acids is 1. The fourth-order valence-electron chi connectivity index (χ4n) is 1.32. The topological polar surface area (TPSA) is 35.5 Å². The van der Waals surface area contributed by atoms with Crippen LogP contribution in [0.5, 0.6) is 0 Å². The number of carbonyl (C=O) groups is 1. The average molecular weight is 168 g/mol. The van der Waals surface area contributed by atoms with Crippen LogP contribution < -0.4 is 0 Å². The first-order valence-electron chi connectivity index (χ1n) is 4.31. The number of esters is 1. The minimum Gasteiger partial charge on any atom is -0.458 e. The van der Waals surface area contributed by atoms with E-state index in [2.05, 4.69) is 6.08 Å². The molecular formula is C9H12O3. The highest BCUT2D eigenvalue weighted by atomic mass is 16.6. The Balaban J connectivity index is 1.77. The minimum absolute atomic E-state index is 0.000926. The van der Waals surface area contributed by atoms with Crippen LogP contribution in [0.4, 0.5) is 0 Å². The summed E-state index contributed by atoms with van der Waals surface area (Å²) in [4.78, 5) is 11.2. The number of rotatable bonds is 2. The molecule has 1 saturated heterocycles. The van der Waals surface area contributed by atoms with Crippen molar-refractivity contribution in [1.29, 1.82) is 0 Å². The molecule has 3 heteroatoms. The summed E-state index contributed by atoms with van der Waals surface area (Å²) in [6, 6.07) is 0. The lowest BCUT2D eigenvalue weighted by molar-refractivity contribution is -0.166. The molecular weight excluding hydrogens is 156 g/mol. The van der Waals surface area contributed by atoms with Crippen LogP contribution in [0.25, 0.3) is 0 Å². The van der Waals surface area contributed by atoms with Crippen LogP contribution in [0.15, 0.2) is 12.2 Å². The Morgan fingerprint density at radius 1 is 1.50 bits per heavy atom. The molecule has 3 nitrogen and oxygen atoms in total. The van der Waals surface area contributed by atoms with Crippen LogP contribution in [-0.2, 0) is 14.3 Å². The molecule has 0 aromatic heterocycles. The summed E-state index contributed by atoms with van der Waals surface area (Å²) in [5.74, 6) is -0.100. The third-order valence-electron chi connectivity index (χ3n) is 2.21. The van der Waals surface area contributed by atoms with Crippen LogP contribution in [0.1, 0.15) is 12.8 Å². The molecule has 12 heavy (non-hydrogen) atoms.